The number of nitrogens with one attached hydrogen (secondary N) is 1. The molecule has 1 unspecified atom stereocenters. The predicted molar refractivity (Wildman–Crippen MR) is 111 cm³/mol. The standard InChI is InChI=1S/C21H39N5O/c1-2-23-20(26-15-11-21(17-26)9-4-3-5-10-21)24-12-7-14-25-13-6-8-18(16-25)19(22)27/h18H,2-17H2,1H3,(H2,22,27)(H,23,24). The number of piperidine rings is 1. The predicted octanol–water partition coefficient (Wildman–Crippen LogP) is 2.20. The first kappa shape index (κ1) is 20.4. The molecule has 154 valence electrons. The average molecular weight is 378 g/mol. The molecule has 0 aromatic heterocycles. The maximum atomic E-state index is 11.4. The summed E-state index contributed by atoms with van der Waals surface area (Å²) in [7, 11) is 0. The van der Waals surface area contributed by atoms with E-state index in [9.17, 15) is 4.79 Å². The summed E-state index contributed by atoms with van der Waals surface area (Å²) in [5.41, 5.74) is 6.05. The van der Waals surface area contributed by atoms with E-state index in [0.717, 1.165) is 64.5 Å². The van der Waals surface area contributed by atoms with Crippen LogP contribution in [-0.2, 0) is 4.79 Å². The Kier molecular flexibility index (Phi) is 7.39. The Bertz CT molecular complexity index is 515. The summed E-state index contributed by atoms with van der Waals surface area (Å²) in [5.74, 6) is 1.00. The quantitative estimate of drug-likeness (QED) is 0.423. The molecule has 3 N–H and O–H groups in total. The van der Waals surface area contributed by atoms with Crippen molar-refractivity contribution in [2.45, 2.75) is 64.7 Å². The van der Waals surface area contributed by atoms with Crippen LogP contribution in [0, 0.1) is 11.3 Å². The van der Waals surface area contributed by atoms with Gasteiger partial charge in [-0.25, -0.2) is 0 Å². The number of likely N-dealkylation sites (tertiary alicyclic amines) is 2. The van der Waals surface area contributed by atoms with Crippen molar-refractivity contribution in [1.82, 2.24) is 15.1 Å². The molecule has 1 atom stereocenters. The highest BCUT2D eigenvalue weighted by molar-refractivity contribution is 5.80. The second kappa shape index (κ2) is 9.76. The smallest absolute Gasteiger partial charge is 0.221 e. The molecule has 3 rings (SSSR count). The fourth-order valence-corrected chi connectivity index (χ4v) is 5.22. The van der Waals surface area contributed by atoms with Crippen LogP contribution in [0.2, 0.25) is 0 Å². The Hall–Kier alpha value is -1.30. The van der Waals surface area contributed by atoms with Crippen LogP contribution in [0.5, 0.6) is 0 Å². The minimum absolute atomic E-state index is 0.0378. The molecular formula is C21H39N5O. The molecule has 27 heavy (non-hydrogen) atoms. The zero-order valence-electron chi connectivity index (χ0n) is 17.2. The Morgan fingerprint density at radius 2 is 2.00 bits per heavy atom. The largest absolute Gasteiger partial charge is 0.369 e. The van der Waals surface area contributed by atoms with Crippen LogP contribution in [0.15, 0.2) is 4.99 Å². The summed E-state index contributed by atoms with van der Waals surface area (Å²) in [6.07, 6.45) is 11.4. The summed E-state index contributed by atoms with van der Waals surface area (Å²) in [6, 6.07) is 0. The van der Waals surface area contributed by atoms with Crippen LogP contribution in [0.4, 0.5) is 0 Å². The van der Waals surface area contributed by atoms with Crippen molar-refractivity contribution in [3.05, 3.63) is 0 Å². The Morgan fingerprint density at radius 3 is 2.74 bits per heavy atom. The van der Waals surface area contributed by atoms with Crippen molar-refractivity contribution in [3.8, 4) is 0 Å². The van der Waals surface area contributed by atoms with E-state index in [1.807, 2.05) is 0 Å². The average Bonchev–Trinajstić information content (AvgIpc) is 3.08. The van der Waals surface area contributed by atoms with Crippen LogP contribution in [0.1, 0.15) is 64.7 Å². The van der Waals surface area contributed by atoms with E-state index in [1.165, 1.54) is 45.1 Å². The van der Waals surface area contributed by atoms with Crippen molar-refractivity contribution in [3.63, 3.8) is 0 Å². The molecule has 0 bridgehead atoms. The molecule has 1 amide bonds. The summed E-state index contributed by atoms with van der Waals surface area (Å²) in [6.45, 7) is 9.19. The maximum Gasteiger partial charge on any atom is 0.221 e. The number of carbonyl (C=O) groups is 1. The van der Waals surface area contributed by atoms with E-state index in [4.69, 9.17) is 10.7 Å². The van der Waals surface area contributed by atoms with Crippen LogP contribution < -0.4 is 11.1 Å². The number of nitrogens with two attached hydrogens (primary N) is 1. The van der Waals surface area contributed by atoms with E-state index < -0.39 is 0 Å². The summed E-state index contributed by atoms with van der Waals surface area (Å²) >= 11 is 0. The number of aliphatic imine (C=N–C) groups is 1. The molecule has 6 nitrogen and oxygen atoms in total. The topological polar surface area (TPSA) is 74.0 Å². The Balaban J connectivity index is 1.46. The lowest BCUT2D eigenvalue weighted by molar-refractivity contribution is -0.123. The Morgan fingerprint density at radius 1 is 1.19 bits per heavy atom. The number of guanidine groups is 1. The zero-order valence-corrected chi connectivity index (χ0v) is 17.2. The second-order valence-corrected chi connectivity index (χ2v) is 8.86. The van der Waals surface area contributed by atoms with Gasteiger partial charge >= 0.3 is 0 Å². The van der Waals surface area contributed by atoms with Crippen LogP contribution in [0.3, 0.4) is 0 Å². The molecule has 2 heterocycles. The number of amides is 1. The lowest BCUT2D eigenvalue weighted by Gasteiger charge is -2.33. The Labute approximate surface area is 164 Å². The normalized spacial score (nSPS) is 26.5. The van der Waals surface area contributed by atoms with Gasteiger partial charge in [-0.3, -0.25) is 9.79 Å². The molecular weight excluding hydrogens is 338 g/mol. The van der Waals surface area contributed by atoms with E-state index >= 15 is 0 Å². The van der Waals surface area contributed by atoms with E-state index in [2.05, 4.69) is 22.0 Å². The highest BCUT2D eigenvalue weighted by Crippen LogP contribution is 2.43. The highest BCUT2D eigenvalue weighted by atomic mass is 16.1. The number of carbonyl (C=O) groups excluding carboxylic acids is 1. The molecule has 3 fully saturated rings. The monoisotopic (exact) mass is 377 g/mol. The zero-order chi connectivity index (χ0) is 19.1. The number of primary amides is 1. The number of hydrogen-bond acceptors (Lipinski definition) is 3. The van der Waals surface area contributed by atoms with Gasteiger partial charge in [0.2, 0.25) is 5.91 Å². The van der Waals surface area contributed by atoms with Gasteiger partial charge in [0.1, 0.15) is 0 Å². The van der Waals surface area contributed by atoms with Gasteiger partial charge in [0, 0.05) is 32.7 Å². The maximum absolute atomic E-state index is 11.4. The second-order valence-electron chi connectivity index (χ2n) is 8.86. The fourth-order valence-electron chi connectivity index (χ4n) is 5.22. The third kappa shape index (κ3) is 5.59. The lowest BCUT2D eigenvalue weighted by Crippen LogP contribution is -2.42. The third-order valence-electron chi connectivity index (χ3n) is 6.79. The first-order valence-electron chi connectivity index (χ1n) is 11.2. The molecule has 6 heteroatoms. The number of nitrogens with zero attached hydrogens (tertiary/aromatic N) is 3. The third-order valence-corrected chi connectivity index (χ3v) is 6.79. The van der Waals surface area contributed by atoms with Gasteiger partial charge in [-0.05, 0) is 64.0 Å². The van der Waals surface area contributed by atoms with Gasteiger partial charge in [0.15, 0.2) is 5.96 Å². The SMILES string of the molecule is CCNC(=NCCCN1CCCC(C(N)=O)C1)N1CCC2(CCCCC2)C1. The fraction of sp³-hybridized carbons (Fsp3) is 0.905. The van der Waals surface area contributed by atoms with E-state index in [1.54, 1.807) is 0 Å². The van der Waals surface area contributed by atoms with Crippen molar-refractivity contribution >= 4 is 11.9 Å². The van der Waals surface area contributed by atoms with Gasteiger partial charge in [-0.1, -0.05) is 19.3 Å². The molecule has 0 aromatic rings. The van der Waals surface area contributed by atoms with Crippen molar-refractivity contribution in [1.29, 1.82) is 0 Å². The number of hydrogen-bond donors (Lipinski definition) is 2. The van der Waals surface area contributed by atoms with Gasteiger partial charge in [0.25, 0.3) is 0 Å². The highest BCUT2D eigenvalue weighted by Gasteiger charge is 2.39. The van der Waals surface area contributed by atoms with Crippen LogP contribution in [-0.4, -0.2) is 67.5 Å². The molecule has 1 spiro atoms. The summed E-state index contributed by atoms with van der Waals surface area (Å²) in [4.78, 5) is 21.2. The first-order chi connectivity index (χ1) is 13.1. The molecule has 0 radical (unpaired) electrons. The minimum Gasteiger partial charge on any atom is -0.369 e. The molecule has 2 aliphatic heterocycles. The molecule has 0 aromatic carbocycles. The minimum atomic E-state index is -0.141. The van der Waals surface area contributed by atoms with Crippen LogP contribution >= 0.6 is 0 Å². The van der Waals surface area contributed by atoms with E-state index in [-0.39, 0.29) is 11.8 Å². The van der Waals surface area contributed by atoms with Crippen molar-refractivity contribution in [2.24, 2.45) is 22.1 Å². The summed E-state index contributed by atoms with van der Waals surface area (Å²) < 4.78 is 0. The lowest BCUT2D eigenvalue weighted by atomic mass is 9.73. The van der Waals surface area contributed by atoms with Gasteiger partial charge in [-0.15, -0.1) is 0 Å². The summed E-state index contributed by atoms with van der Waals surface area (Å²) in [5, 5.41) is 3.51. The molecule has 1 aliphatic carbocycles. The molecule has 2 saturated heterocycles. The van der Waals surface area contributed by atoms with Crippen molar-refractivity contribution in [2.75, 3.05) is 45.8 Å². The first-order valence-corrected chi connectivity index (χ1v) is 11.2. The van der Waals surface area contributed by atoms with Gasteiger partial charge in [0.05, 0.1) is 5.92 Å². The molecule has 1 saturated carbocycles. The van der Waals surface area contributed by atoms with E-state index in [0.29, 0.717) is 5.41 Å². The van der Waals surface area contributed by atoms with Crippen LogP contribution in [0.25, 0.3) is 0 Å². The van der Waals surface area contributed by atoms with Gasteiger partial charge in [-0.2, -0.15) is 0 Å². The molecule has 3 aliphatic rings. The van der Waals surface area contributed by atoms with Crippen molar-refractivity contribution < 1.29 is 4.79 Å². The van der Waals surface area contributed by atoms with Gasteiger partial charge < -0.3 is 20.9 Å². The number of rotatable bonds is 6.